The molecule has 3 aliphatic heterocycles. The van der Waals surface area contributed by atoms with Crippen LogP contribution in [0.1, 0.15) is 80.4 Å². The van der Waals surface area contributed by atoms with Gasteiger partial charge in [-0.05, 0) is 91.5 Å². The molecule has 0 aliphatic carbocycles. The molecule has 61 heavy (non-hydrogen) atoms. The van der Waals surface area contributed by atoms with E-state index in [-0.39, 0.29) is 35.9 Å². The van der Waals surface area contributed by atoms with Crippen LogP contribution in [0.5, 0.6) is 5.75 Å². The van der Waals surface area contributed by atoms with Crippen molar-refractivity contribution in [3.63, 3.8) is 0 Å². The minimum absolute atomic E-state index is 0.0919. The Morgan fingerprint density at radius 3 is 2.07 bits per heavy atom. The second-order valence-corrected chi connectivity index (χ2v) is 16.9. The molecule has 2 unspecified atom stereocenters. The quantitative estimate of drug-likeness (QED) is 0.125. The highest BCUT2D eigenvalue weighted by atomic mass is 16.5. The van der Waals surface area contributed by atoms with E-state index in [0.29, 0.717) is 19.7 Å². The summed E-state index contributed by atoms with van der Waals surface area (Å²) in [7, 11) is 5.21. The lowest BCUT2D eigenvalue weighted by molar-refractivity contribution is -0.137. The Bertz CT molecular complexity index is 2600. The van der Waals surface area contributed by atoms with Gasteiger partial charge >= 0.3 is 6.09 Å². The third-order valence-corrected chi connectivity index (χ3v) is 12.5. The fraction of sp³-hybridized carbons (Fsp3) is 0.354. The summed E-state index contributed by atoms with van der Waals surface area (Å²) in [6, 6.07) is 25.6. The topological polar surface area (TPSA) is 149 Å². The number of hydrogen-bond donors (Lipinski definition) is 3. The Morgan fingerprint density at radius 1 is 0.803 bits per heavy atom. The number of rotatable bonds is 10. The number of imidazole rings is 2. The lowest BCUT2D eigenvalue weighted by atomic mass is 9.92. The van der Waals surface area contributed by atoms with Gasteiger partial charge in [-0.2, -0.15) is 0 Å². The SMILES string of the molecule is COC(=O)NC(C(=O)N1CCC[C@H]1c1ncc(-c2ccc3c4c(ccc3c2)-c2ccc(-c3cnc([C@@H]5CCCN5C(=O)C(c5ccccc5)N(C)C)[nH]3)cc2CO4)[nH]1)C(C)C. The van der Waals surface area contributed by atoms with Crippen LogP contribution in [0, 0.1) is 5.92 Å². The average molecular weight is 821 g/mol. The molecule has 5 heterocycles. The first-order chi connectivity index (χ1) is 29.6. The molecule has 4 aromatic carbocycles. The van der Waals surface area contributed by atoms with Crippen molar-refractivity contribution in [1.29, 1.82) is 0 Å². The summed E-state index contributed by atoms with van der Waals surface area (Å²) >= 11 is 0. The number of amides is 3. The summed E-state index contributed by atoms with van der Waals surface area (Å²) in [6.07, 6.45) is 6.50. The van der Waals surface area contributed by atoms with Crippen LogP contribution in [0.2, 0.25) is 0 Å². The summed E-state index contributed by atoms with van der Waals surface area (Å²) in [5.74, 6) is 2.24. The number of ether oxygens (including phenoxy) is 2. The Morgan fingerprint density at radius 2 is 1.43 bits per heavy atom. The van der Waals surface area contributed by atoms with Crippen LogP contribution >= 0.6 is 0 Å². The minimum Gasteiger partial charge on any atom is -0.488 e. The predicted molar refractivity (Wildman–Crippen MR) is 233 cm³/mol. The van der Waals surface area contributed by atoms with E-state index in [1.54, 1.807) is 0 Å². The van der Waals surface area contributed by atoms with Gasteiger partial charge in [0.2, 0.25) is 11.8 Å². The van der Waals surface area contributed by atoms with Gasteiger partial charge in [-0.1, -0.05) is 74.5 Å². The zero-order valence-electron chi connectivity index (χ0n) is 35.3. The number of likely N-dealkylation sites (N-methyl/N-ethyl adjacent to an activating group) is 1. The molecule has 2 fully saturated rings. The molecule has 13 heteroatoms. The molecule has 9 rings (SSSR count). The Kier molecular flexibility index (Phi) is 10.8. The van der Waals surface area contributed by atoms with Crippen LogP contribution in [-0.2, 0) is 20.9 Å². The summed E-state index contributed by atoms with van der Waals surface area (Å²) in [4.78, 5) is 62.1. The van der Waals surface area contributed by atoms with Gasteiger partial charge in [0.1, 0.15) is 36.1 Å². The lowest BCUT2D eigenvalue weighted by Crippen LogP contribution is -2.51. The number of hydrogen-bond acceptors (Lipinski definition) is 8. The van der Waals surface area contributed by atoms with Crippen LogP contribution in [0.4, 0.5) is 4.79 Å². The number of carbonyl (C=O) groups excluding carboxylic acids is 3. The second kappa shape index (κ2) is 16.5. The first-order valence-electron chi connectivity index (χ1n) is 21.2. The van der Waals surface area contributed by atoms with Gasteiger partial charge in [0, 0.05) is 29.6 Å². The molecular weight excluding hydrogens is 769 g/mol. The highest BCUT2D eigenvalue weighted by molar-refractivity contribution is 5.98. The normalized spacial score (nSPS) is 18.2. The summed E-state index contributed by atoms with van der Waals surface area (Å²) in [5.41, 5.74) is 8.02. The maximum atomic E-state index is 14.0. The molecule has 13 nitrogen and oxygen atoms in total. The number of H-pyrrole nitrogens is 2. The molecule has 6 aromatic rings. The van der Waals surface area contributed by atoms with E-state index < -0.39 is 12.1 Å². The molecule has 3 N–H and O–H groups in total. The largest absolute Gasteiger partial charge is 0.488 e. The summed E-state index contributed by atoms with van der Waals surface area (Å²) < 4.78 is 11.3. The van der Waals surface area contributed by atoms with Gasteiger partial charge in [-0.15, -0.1) is 0 Å². The Balaban J connectivity index is 0.916. The Labute approximate surface area is 355 Å². The van der Waals surface area contributed by atoms with Gasteiger partial charge in [0.15, 0.2) is 0 Å². The molecule has 0 saturated carbocycles. The summed E-state index contributed by atoms with van der Waals surface area (Å²) in [5, 5.41) is 4.79. The van der Waals surface area contributed by atoms with E-state index in [0.717, 1.165) is 98.6 Å². The van der Waals surface area contributed by atoms with E-state index in [2.05, 4.69) is 63.8 Å². The van der Waals surface area contributed by atoms with Crippen molar-refractivity contribution >= 4 is 28.7 Å². The molecule has 314 valence electrons. The van der Waals surface area contributed by atoms with E-state index in [9.17, 15) is 14.4 Å². The van der Waals surface area contributed by atoms with Crippen molar-refractivity contribution in [2.45, 2.75) is 70.3 Å². The maximum absolute atomic E-state index is 14.0. The van der Waals surface area contributed by atoms with E-state index in [1.807, 2.05) is 85.4 Å². The fourth-order valence-corrected chi connectivity index (χ4v) is 9.40. The number of aromatic nitrogens is 4. The van der Waals surface area contributed by atoms with E-state index in [4.69, 9.17) is 19.4 Å². The maximum Gasteiger partial charge on any atom is 0.407 e. The van der Waals surface area contributed by atoms with Gasteiger partial charge in [-0.3, -0.25) is 14.5 Å². The van der Waals surface area contributed by atoms with Crippen molar-refractivity contribution in [2.24, 2.45) is 5.92 Å². The van der Waals surface area contributed by atoms with Crippen LogP contribution in [-0.4, -0.2) is 92.9 Å². The predicted octanol–water partition coefficient (Wildman–Crippen LogP) is 8.19. The van der Waals surface area contributed by atoms with Crippen LogP contribution in [0.15, 0.2) is 91.3 Å². The molecule has 4 atom stereocenters. The molecule has 0 spiro atoms. The second-order valence-electron chi connectivity index (χ2n) is 16.9. The van der Waals surface area contributed by atoms with Gasteiger partial charge < -0.3 is 34.6 Å². The number of nitrogens with one attached hydrogen (secondary N) is 3. The monoisotopic (exact) mass is 820 g/mol. The third-order valence-electron chi connectivity index (χ3n) is 12.5. The number of nitrogens with zero attached hydrogens (tertiary/aromatic N) is 5. The van der Waals surface area contributed by atoms with E-state index >= 15 is 0 Å². The molecule has 0 bridgehead atoms. The standard InChI is InChI=1S/C48H52N8O5/c1-28(2)41(53-48(59)60-5)46(57)55-21-9-13-39(55)44-49-25-37(51-44)31-17-19-35-30(23-31)15-20-36-34-18-16-32(24-33(34)27-61-43(35)36)38-26-50-45(52-38)40-14-10-22-56(40)47(58)42(54(3)4)29-11-7-6-8-12-29/h6-8,11-12,15-20,23-26,28,39-42H,9-10,13-14,21-22,27H2,1-5H3,(H,49,51)(H,50,52)(H,53,59)/t39-,40-,41?,42?/m0/s1. The smallest absolute Gasteiger partial charge is 0.407 e. The highest BCUT2D eigenvalue weighted by Crippen LogP contribution is 2.44. The van der Waals surface area contributed by atoms with Crippen molar-refractivity contribution < 1.29 is 23.9 Å². The van der Waals surface area contributed by atoms with Gasteiger partial charge in [-0.25, -0.2) is 14.8 Å². The van der Waals surface area contributed by atoms with E-state index in [1.165, 1.54) is 7.11 Å². The summed E-state index contributed by atoms with van der Waals surface area (Å²) in [6.45, 7) is 5.55. The average Bonchev–Trinajstić information content (AvgIpc) is 4.12. The lowest BCUT2D eigenvalue weighted by Gasteiger charge is -2.31. The number of benzene rings is 4. The van der Waals surface area contributed by atoms with Crippen molar-refractivity contribution in [3.8, 4) is 39.4 Å². The number of likely N-dealkylation sites (tertiary alicyclic amines) is 2. The van der Waals surface area contributed by atoms with Crippen molar-refractivity contribution in [1.82, 2.24) is 40.0 Å². The number of alkyl carbamates (subject to hydrolysis) is 1. The van der Waals surface area contributed by atoms with Crippen LogP contribution in [0.25, 0.3) is 44.4 Å². The highest BCUT2D eigenvalue weighted by Gasteiger charge is 2.39. The third kappa shape index (κ3) is 7.51. The van der Waals surface area contributed by atoms with Crippen LogP contribution in [0.3, 0.4) is 0 Å². The van der Waals surface area contributed by atoms with Gasteiger partial charge in [0.25, 0.3) is 0 Å². The molecule has 3 aliphatic rings. The molecular formula is C48H52N8O5. The van der Waals surface area contributed by atoms with Crippen molar-refractivity contribution in [2.75, 3.05) is 34.3 Å². The van der Waals surface area contributed by atoms with Crippen molar-refractivity contribution in [3.05, 3.63) is 114 Å². The zero-order valence-corrected chi connectivity index (χ0v) is 35.3. The molecule has 0 radical (unpaired) electrons. The Hall–Kier alpha value is -6.47. The first-order valence-corrected chi connectivity index (χ1v) is 21.2. The number of methoxy groups -OCH3 is 1. The molecule has 2 saturated heterocycles. The fourth-order valence-electron chi connectivity index (χ4n) is 9.40. The molecule has 3 amide bonds. The molecule has 2 aromatic heterocycles. The number of aromatic amines is 2. The zero-order chi connectivity index (χ0) is 42.4. The number of carbonyl (C=O) groups is 3. The first kappa shape index (κ1) is 40.0. The van der Waals surface area contributed by atoms with Gasteiger partial charge in [0.05, 0.1) is 43.0 Å². The van der Waals surface area contributed by atoms with Crippen LogP contribution < -0.4 is 10.1 Å². The number of fused-ring (bicyclic) bond motifs is 5. The minimum atomic E-state index is -0.690.